The first kappa shape index (κ1) is 14.3. The molecule has 0 bridgehead atoms. The number of hydrogen-bond donors (Lipinski definition) is 0. The number of nitrogens with zero attached hydrogens (tertiary/aromatic N) is 2. The smallest absolute Gasteiger partial charge is 0.299 e. The van der Waals surface area contributed by atoms with Gasteiger partial charge in [0.05, 0.1) is 13.7 Å². The van der Waals surface area contributed by atoms with Crippen molar-refractivity contribution in [1.29, 1.82) is 0 Å². The van der Waals surface area contributed by atoms with Crippen LogP contribution in [0.25, 0.3) is 0 Å². The van der Waals surface area contributed by atoms with Crippen molar-refractivity contribution >= 4 is 0 Å². The Morgan fingerprint density at radius 2 is 1.70 bits per heavy atom. The Balaban J connectivity index is 2.53. The minimum absolute atomic E-state index is 0.0891. The Kier molecular flexibility index (Phi) is 3.93. The van der Waals surface area contributed by atoms with Crippen LogP contribution < -0.4 is 10.3 Å². The molecular formula is C16H20N2O2. The third-order valence-electron chi connectivity index (χ3n) is 3.44. The van der Waals surface area contributed by atoms with Crippen LogP contribution in [0.3, 0.4) is 0 Å². The van der Waals surface area contributed by atoms with Crippen molar-refractivity contribution in [2.24, 2.45) is 0 Å². The van der Waals surface area contributed by atoms with E-state index in [1.807, 2.05) is 0 Å². The zero-order valence-corrected chi connectivity index (χ0v) is 12.7. The summed E-state index contributed by atoms with van der Waals surface area (Å²) in [6.07, 6.45) is 0. The van der Waals surface area contributed by atoms with Gasteiger partial charge in [-0.25, -0.2) is 4.98 Å². The number of aryl methyl sites for hydroxylation is 4. The maximum atomic E-state index is 12.2. The van der Waals surface area contributed by atoms with Crippen LogP contribution in [0.5, 0.6) is 6.01 Å². The van der Waals surface area contributed by atoms with E-state index < -0.39 is 0 Å². The predicted octanol–water partition coefficient (Wildman–Crippen LogP) is 2.53. The second-order valence-corrected chi connectivity index (χ2v) is 5.19. The Morgan fingerprint density at radius 1 is 1.10 bits per heavy atom. The molecule has 1 aromatic carbocycles. The van der Waals surface area contributed by atoms with E-state index in [-0.39, 0.29) is 5.56 Å². The summed E-state index contributed by atoms with van der Waals surface area (Å²) in [4.78, 5) is 16.4. The fraction of sp³-hybridized carbons (Fsp3) is 0.375. The van der Waals surface area contributed by atoms with Gasteiger partial charge < -0.3 is 4.74 Å². The lowest BCUT2D eigenvalue weighted by molar-refractivity contribution is 0.349. The molecule has 0 radical (unpaired) electrons. The molecule has 2 rings (SSSR count). The minimum atomic E-state index is -0.0891. The Hall–Kier alpha value is -2.10. The average Bonchev–Trinajstić information content (AvgIpc) is 2.34. The molecule has 0 saturated carbocycles. The molecule has 1 heterocycles. The zero-order valence-electron chi connectivity index (χ0n) is 12.7. The van der Waals surface area contributed by atoms with Crippen LogP contribution in [0.15, 0.2) is 23.0 Å². The molecule has 0 atom stereocenters. The molecule has 1 aromatic heterocycles. The van der Waals surface area contributed by atoms with E-state index in [0.29, 0.717) is 18.2 Å². The van der Waals surface area contributed by atoms with E-state index in [1.54, 1.807) is 11.5 Å². The molecule has 4 nitrogen and oxygen atoms in total. The topological polar surface area (TPSA) is 44.1 Å². The molecule has 0 saturated heterocycles. The van der Waals surface area contributed by atoms with Crippen molar-refractivity contribution in [1.82, 2.24) is 9.55 Å². The summed E-state index contributed by atoms with van der Waals surface area (Å²) in [5, 5.41) is 0. The highest BCUT2D eigenvalue weighted by molar-refractivity contribution is 5.37. The maximum absolute atomic E-state index is 12.2. The van der Waals surface area contributed by atoms with Gasteiger partial charge in [0.25, 0.3) is 11.6 Å². The van der Waals surface area contributed by atoms with E-state index in [9.17, 15) is 4.79 Å². The average molecular weight is 272 g/mol. The Morgan fingerprint density at radius 3 is 2.25 bits per heavy atom. The highest BCUT2D eigenvalue weighted by Gasteiger charge is 2.11. The highest BCUT2D eigenvalue weighted by Crippen LogP contribution is 2.18. The molecule has 106 valence electrons. The van der Waals surface area contributed by atoms with Gasteiger partial charge in [0.2, 0.25) is 0 Å². The molecule has 0 aliphatic heterocycles. The fourth-order valence-corrected chi connectivity index (χ4v) is 2.51. The van der Waals surface area contributed by atoms with Crippen LogP contribution in [0.4, 0.5) is 0 Å². The lowest BCUT2D eigenvalue weighted by Crippen LogP contribution is -2.24. The number of ether oxygens (including phenoxy) is 1. The number of hydrogen-bond acceptors (Lipinski definition) is 3. The molecule has 4 heteroatoms. The summed E-state index contributed by atoms with van der Waals surface area (Å²) in [5.74, 6) is 0. The molecule has 0 N–H and O–H groups in total. The quantitative estimate of drug-likeness (QED) is 0.862. The minimum Gasteiger partial charge on any atom is -0.468 e. The van der Waals surface area contributed by atoms with Crippen molar-refractivity contribution in [3.8, 4) is 6.01 Å². The fourth-order valence-electron chi connectivity index (χ4n) is 2.51. The van der Waals surface area contributed by atoms with Crippen LogP contribution in [0.2, 0.25) is 0 Å². The van der Waals surface area contributed by atoms with Crippen molar-refractivity contribution in [2.75, 3.05) is 7.11 Å². The maximum Gasteiger partial charge on any atom is 0.299 e. The molecule has 0 unspecified atom stereocenters. The van der Waals surface area contributed by atoms with Gasteiger partial charge in [0.15, 0.2) is 0 Å². The summed E-state index contributed by atoms with van der Waals surface area (Å²) in [6.45, 7) is 8.47. The van der Waals surface area contributed by atoms with E-state index in [0.717, 1.165) is 5.56 Å². The van der Waals surface area contributed by atoms with Gasteiger partial charge in [-0.15, -0.1) is 0 Å². The highest BCUT2D eigenvalue weighted by atomic mass is 16.5. The monoisotopic (exact) mass is 272 g/mol. The van der Waals surface area contributed by atoms with E-state index in [4.69, 9.17) is 4.74 Å². The zero-order chi connectivity index (χ0) is 14.9. The molecular weight excluding hydrogens is 252 g/mol. The third kappa shape index (κ3) is 2.74. The van der Waals surface area contributed by atoms with Gasteiger partial charge >= 0.3 is 0 Å². The molecule has 0 aliphatic rings. The van der Waals surface area contributed by atoms with Gasteiger partial charge in [-0.2, -0.15) is 0 Å². The first-order chi connectivity index (χ1) is 9.42. The van der Waals surface area contributed by atoms with Gasteiger partial charge in [-0.3, -0.25) is 9.36 Å². The largest absolute Gasteiger partial charge is 0.468 e. The van der Waals surface area contributed by atoms with E-state index >= 15 is 0 Å². The van der Waals surface area contributed by atoms with Gasteiger partial charge in [-0.05, 0) is 44.4 Å². The predicted molar refractivity (Wildman–Crippen MR) is 79.5 cm³/mol. The Labute approximate surface area is 119 Å². The lowest BCUT2D eigenvalue weighted by atomic mass is 10.00. The molecule has 2 aromatic rings. The van der Waals surface area contributed by atoms with E-state index in [2.05, 4.69) is 37.9 Å². The number of rotatable bonds is 3. The number of methoxy groups -OCH3 is 1. The van der Waals surface area contributed by atoms with Gasteiger partial charge in [-0.1, -0.05) is 17.7 Å². The second-order valence-electron chi connectivity index (χ2n) is 5.19. The standard InChI is InChI=1S/C16H20N2O2/c1-10-6-11(2)14(12(3)7-10)9-18-15(19)8-13(4)17-16(18)20-5/h6-8H,9H2,1-5H3. The summed E-state index contributed by atoms with van der Waals surface area (Å²) in [7, 11) is 1.53. The van der Waals surface area contributed by atoms with Crippen LogP contribution in [-0.4, -0.2) is 16.7 Å². The molecule has 0 fully saturated rings. The SMILES string of the molecule is COc1nc(C)cc(=O)n1Cc1c(C)cc(C)cc1C. The van der Waals surface area contributed by atoms with Crippen molar-refractivity contribution in [3.05, 3.63) is 56.5 Å². The summed E-state index contributed by atoms with van der Waals surface area (Å²) in [6, 6.07) is 6.14. The van der Waals surface area contributed by atoms with Gasteiger partial charge in [0.1, 0.15) is 0 Å². The van der Waals surface area contributed by atoms with Crippen molar-refractivity contribution in [3.63, 3.8) is 0 Å². The van der Waals surface area contributed by atoms with Crippen molar-refractivity contribution in [2.45, 2.75) is 34.2 Å². The van der Waals surface area contributed by atoms with Crippen LogP contribution in [0, 0.1) is 27.7 Å². The number of aromatic nitrogens is 2. The first-order valence-corrected chi connectivity index (χ1v) is 6.61. The third-order valence-corrected chi connectivity index (χ3v) is 3.44. The molecule has 20 heavy (non-hydrogen) atoms. The van der Waals surface area contributed by atoms with E-state index in [1.165, 1.54) is 29.9 Å². The second kappa shape index (κ2) is 5.49. The lowest BCUT2D eigenvalue weighted by Gasteiger charge is -2.15. The summed E-state index contributed by atoms with van der Waals surface area (Å²) < 4.78 is 6.80. The van der Waals surface area contributed by atoms with Crippen molar-refractivity contribution < 1.29 is 4.74 Å². The molecule has 0 spiro atoms. The summed E-state index contributed by atoms with van der Waals surface area (Å²) in [5.41, 5.74) is 5.30. The Bertz CT molecular complexity index is 679. The van der Waals surface area contributed by atoms with Crippen LogP contribution in [0.1, 0.15) is 27.9 Å². The normalized spacial score (nSPS) is 10.7. The number of benzene rings is 1. The summed E-state index contributed by atoms with van der Waals surface area (Å²) >= 11 is 0. The van der Waals surface area contributed by atoms with Crippen LogP contribution in [-0.2, 0) is 6.54 Å². The first-order valence-electron chi connectivity index (χ1n) is 6.61. The van der Waals surface area contributed by atoms with Gasteiger partial charge in [0, 0.05) is 11.8 Å². The van der Waals surface area contributed by atoms with Crippen LogP contribution >= 0.6 is 0 Å². The molecule has 0 aliphatic carbocycles. The molecule has 0 amide bonds.